The van der Waals surface area contributed by atoms with Gasteiger partial charge in [-0.25, -0.2) is 9.59 Å². The second-order valence-electron chi connectivity index (χ2n) is 4.34. The first kappa shape index (κ1) is 22.8. The molecular formula is C16H10O8Sr. The Morgan fingerprint density at radius 3 is 0.920 bits per heavy atom. The molecular weight excluding hydrogens is 408 g/mol. The number of carboxylic acid groups (broad SMARTS) is 4. The molecule has 8 nitrogen and oxygen atoms in total. The molecule has 2 N–H and O–H groups in total. The molecule has 9 heteroatoms. The Labute approximate surface area is 178 Å². The largest absolute Gasteiger partial charge is 2.00 e. The van der Waals surface area contributed by atoms with Crippen LogP contribution in [0.5, 0.6) is 0 Å². The summed E-state index contributed by atoms with van der Waals surface area (Å²) in [5.74, 6) is -4.79. The maximum absolute atomic E-state index is 10.3. The van der Waals surface area contributed by atoms with Crippen LogP contribution in [0.25, 0.3) is 0 Å². The van der Waals surface area contributed by atoms with Gasteiger partial charge in [0.2, 0.25) is 0 Å². The summed E-state index contributed by atoms with van der Waals surface area (Å²) in [5, 5.41) is 37.3. The van der Waals surface area contributed by atoms with Crippen molar-refractivity contribution in [3.8, 4) is 0 Å². The van der Waals surface area contributed by atoms with E-state index in [0.717, 1.165) is 0 Å². The number of aromatic carboxylic acids is 4. The molecule has 2 aromatic rings. The molecule has 0 amide bonds. The van der Waals surface area contributed by atoms with Crippen molar-refractivity contribution < 1.29 is 39.6 Å². The number of carbonyl (C=O) groups is 4. The van der Waals surface area contributed by atoms with Crippen molar-refractivity contribution in [1.29, 1.82) is 0 Å². The van der Waals surface area contributed by atoms with Gasteiger partial charge in [0.15, 0.2) is 0 Å². The van der Waals surface area contributed by atoms with E-state index in [0.29, 0.717) is 0 Å². The van der Waals surface area contributed by atoms with Crippen LogP contribution in [0.2, 0.25) is 0 Å². The van der Waals surface area contributed by atoms with E-state index in [1.54, 1.807) is 0 Å². The normalized spacial score (nSPS) is 8.96. The number of hydrogen-bond donors (Lipinski definition) is 2. The average Bonchev–Trinajstić information content (AvgIpc) is 2.55. The number of carbonyl (C=O) groups excluding carboxylic acids is 2. The molecule has 0 spiro atoms. The van der Waals surface area contributed by atoms with Crippen LogP contribution in [0.15, 0.2) is 48.5 Å². The quantitative estimate of drug-likeness (QED) is 0.607. The van der Waals surface area contributed by atoms with Crippen LogP contribution in [0.3, 0.4) is 0 Å². The number of hydrogen-bond acceptors (Lipinski definition) is 6. The van der Waals surface area contributed by atoms with Crippen LogP contribution in [-0.2, 0) is 0 Å². The van der Waals surface area contributed by atoms with Crippen LogP contribution in [0.1, 0.15) is 41.4 Å². The fourth-order valence-electron chi connectivity index (χ4n) is 1.50. The summed E-state index contributed by atoms with van der Waals surface area (Å²) in [4.78, 5) is 41.1. The molecule has 0 heterocycles. The number of benzene rings is 2. The molecule has 0 unspecified atom stereocenters. The SMILES string of the molecule is O=C([O-])c1ccc(C(=O)O)cc1.O=C([O-])c1ccc(C(=O)O)cc1.[Sr+2]. The topological polar surface area (TPSA) is 155 Å². The molecule has 2 rings (SSSR count). The van der Waals surface area contributed by atoms with Crippen LogP contribution >= 0.6 is 0 Å². The van der Waals surface area contributed by atoms with E-state index in [1.165, 1.54) is 48.5 Å². The second kappa shape index (κ2) is 10.6. The predicted octanol–water partition coefficient (Wildman–Crippen LogP) is -0.884. The molecule has 0 saturated heterocycles. The summed E-state index contributed by atoms with van der Waals surface area (Å²) in [5.41, 5.74) is 0.0556. The smallest absolute Gasteiger partial charge is 0.545 e. The minimum absolute atomic E-state index is 0. The zero-order chi connectivity index (χ0) is 18.3. The van der Waals surface area contributed by atoms with Gasteiger partial charge < -0.3 is 30.0 Å². The molecule has 124 valence electrons. The third-order valence-electron chi connectivity index (χ3n) is 2.74. The molecule has 0 radical (unpaired) electrons. The molecule has 0 fully saturated rings. The van der Waals surface area contributed by atoms with Gasteiger partial charge in [-0.2, -0.15) is 0 Å². The van der Waals surface area contributed by atoms with Gasteiger partial charge in [0.1, 0.15) is 0 Å². The molecule has 0 aromatic heterocycles. The van der Waals surface area contributed by atoms with E-state index in [1.807, 2.05) is 0 Å². The van der Waals surface area contributed by atoms with Gasteiger partial charge in [0.25, 0.3) is 0 Å². The first-order chi connectivity index (χ1) is 11.2. The monoisotopic (exact) mass is 418 g/mol. The van der Waals surface area contributed by atoms with Gasteiger partial charge in [0, 0.05) is 0 Å². The van der Waals surface area contributed by atoms with Crippen molar-refractivity contribution in [2.24, 2.45) is 0 Å². The van der Waals surface area contributed by atoms with Crippen molar-refractivity contribution in [2.75, 3.05) is 0 Å². The minimum atomic E-state index is -1.31. The summed E-state index contributed by atoms with van der Waals surface area (Å²) >= 11 is 0. The van der Waals surface area contributed by atoms with Gasteiger partial charge in [-0.1, -0.05) is 24.3 Å². The first-order valence-corrected chi connectivity index (χ1v) is 6.31. The minimum Gasteiger partial charge on any atom is -0.545 e. The van der Waals surface area contributed by atoms with E-state index in [2.05, 4.69) is 0 Å². The van der Waals surface area contributed by atoms with Crippen LogP contribution in [-0.4, -0.2) is 79.6 Å². The molecule has 2 aromatic carbocycles. The first-order valence-electron chi connectivity index (χ1n) is 6.31. The Hall–Kier alpha value is -2.20. The number of carboxylic acids is 4. The van der Waals surface area contributed by atoms with E-state index in [4.69, 9.17) is 10.2 Å². The third-order valence-corrected chi connectivity index (χ3v) is 2.74. The zero-order valence-electron chi connectivity index (χ0n) is 12.7. The summed E-state index contributed by atoms with van der Waals surface area (Å²) in [6.45, 7) is 0. The molecule has 25 heavy (non-hydrogen) atoms. The summed E-state index contributed by atoms with van der Waals surface area (Å²) in [6, 6.07) is 9.64. The number of rotatable bonds is 4. The fraction of sp³-hybridized carbons (Fsp3) is 0. The molecule has 0 saturated carbocycles. The van der Waals surface area contributed by atoms with Crippen molar-refractivity contribution in [3.05, 3.63) is 70.8 Å². The molecule has 0 atom stereocenters. The van der Waals surface area contributed by atoms with E-state index in [-0.39, 0.29) is 67.7 Å². The van der Waals surface area contributed by atoms with Crippen molar-refractivity contribution in [1.82, 2.24) is 0 Å². The van der Waals surface area contributed by atoms with Gasteiger partial charge in [-0.3, -0.25) is 0 Å². The Morgan fingerprint density at radius 2 is 0.760 bits per heavy atom. The third kappa shape index (κ3) is 7.48. The van der Waals surface area contributed by atoms with Gasteiger partial charge in [-0.15, -0.1) is 0 Å². The van der Waals surface area contributed by atoms with Crippen molar-refractivity contribution in [2.45, 2.75) is 0 Å². The molecule has 0 aliphatic heterocycles. The molecule has 0 aliphatic rings. The fourth-order valence-corrected chi connectivity index (χ4v) is 1.50. The Kier molecular flexibility index (Phi) is 9.69. The van der Waals surface area contributed by atoms with Crippen LogP contribution < -0.4 is 10.2 Å². The average molecular weight is 418 g/mol. The summed E-state index contributed by atoms with van der Waals surface area (Å²) < 4.78 is 0. The Morgan fingerprint density at radius 1 is 0.560 bits per heavy atom. The maximum Gasteiger partial charge on any atom is 2.00 e. The zero-order valence-corrected chi connectivity index (χ0v) is 16.1. The van der Waals surface area contributed by atoms with E-state index in [9.17, 15) is 29.4 Å². The summed E-state index contributed by atoms with van der Waals surface area (Å²) in [6.07, 6.45) is 0. The second-order valence-corrected chi connectivity index (χ2v) is 4.34. The van der Waals surface area contributed by atoms with Crippen molar-refractivity contribution >= 4 is 69.4 Å². The Balaban J connectivity index is 0.000000443. The van der Waals surface area contributed by atoms with Gasteiger partial charge in [0.05, 0.1) is 23.1 Å². The van der Waals surface area contributed by atoms with Gasteiger partial charge >= 0.3 is 57.4 Å². The van der Waals surface area contributed by atoms with Gasteiger partial charge in [-0.05, 0) is 35.4 Å². The van der Waals surface area contributed by atoms with E-state index < -0.39 is 23.9 Å². The summed E-state index contributed by atoms with van der Waals surface area (Å²) in [7, 11) is 0. The van der Waals surface area contributed by atoms with E-state index >= 15 is 0 Å². The van der Waals surface area contributed by atoms with Crippen molar-refractivity contribution in [3.63, 3.8) is 0 Å². The molecule has 0 bridgehead atoms. The maximum atomic E-state index is 10.3. The van der Waals surface area contributed by atoms with Crippen LogP contribution in [0, 0.1) is 0 Å². The molecule has 0 aliphatic carbocycles. The Bertz CT molecular complexity index is 632. The van der Waals surface area contributed by atoms with Crippen LogP contribution in [0.4, 0.5) is 0 Å². The predicted molar refractivity (Wildman–Crippen MR) is 81.2 cm³/mol. The standard InChI is InChI=1S/2C8H6O4.Sr/c2*9-7(10)5-1-2-6(4-3-5)8(11)12;/h2*1-4H,(H,9,10)(H,11,12);/q;;+2/p-2.